The predicted octanol–water partition coefficient (Wildman–Crippen LogP) is 4.42. The summed E-state index contributed by atoms with van der Waals surface area (Å²) in [4.78, 5) is 29.0. The Morgan fingerprint density at radius 3 is 2.29 bits per heavy atom. The number of carbonyl (C=O) groups excluding carboxylic acids is 2. The molecule has 0 saturated heterocycles. The van der Waals surface area contributed by atoms with Crippen LogP contribution >= 0.6 is 0 Å². The summed E-state index contributed by atoms with van der Waals surface area (Å²) in [6.07, 6.45) is 0. The molecule has 154 valence electrons. The van der Waals surface area contributed by atoms with Gasteiger partial charge in [0, 0.05) is 11.1 Å². The molecule has 7 heteroatoms. The molecule has 0 atom stereocenters. The molecule has 3 aromatic carbocycles. The van der Waals surface area contributed by atoms with Crippen molar-refractivity contribution in [3.8, 4) is 17.1 Å². The molecular weight excluding hydrogens is 397 g/mol. The fourth-order valence-corrected chi connectivity index (χ4v) is 2.95. The van der Waals surface area contributed by atoms with Gasteiger partial charge >= 0.3 is 5.97 Å². The second-order valence-electron chi connectivity index (χ2n) is 6.88. The van der Waals surface area contributed by atoms with Crippen LogP contribution in [-0.2, 0) is 4.74 Å². The first-order valence-corrected chi connectivity index (χ1v) is 9.57. The summed E-state index contributed by atoms with van der Waals surface area (Å²) in [7, 11) is 0. The number of esters is 1. The molecule has 4 rings (SSSR count). The highest BCUT2D eigenvalue weighted by Gasteiger charge is 2.21. The van der Waals surface area contributed by atoms with Crippen LogP contribution in [0.3, 0.4) is 0 Å². The van der Waals surface area contributed by atoms with E-state index in [9.17, 15) is 14.0 Å². The minimum absolute atomic E-state index is 0.194. The van der Waals surface area contributed by atoms with Crippen molar-refractivity contribution in [2.75, 3.05) is 6.61 Å². The Labute approximate surface area is 177 Å². The van der Waals surface area contributed by atoms with Crippen molar-refractivity contribution in [1.29, 1.82) is 0 Å². The fraction of sp³-hybridized carbons (Fsp3) is 0.0833. The fourth-order valence-electron chi connectivity index (χ4n) is 2.95. The summed E-state index contributed by atoms with van der Waals surface area (Å²) in [5.74, 6) is -1.38. The van der Waals surface area contributed by atoms with E-state index in [1.807, 2.05) is 31.2 Å². The van der Waals surface area contributed by atoms with Crippen LogP contribution in [0.5, 0.6) is 0 Å². The molecule has 1 heterocycles. The van der Waals surface area contributed by atoms with Gasteiger partial charge in [0.1, 0.15) is 5.82 Å². The van der Waals surface area contributed by atoms with Crippen LogP contribution in [-0.4, -0.2) is 33.1 Å². The number of aromatic nitrogens is 3. The standard InChI is InChI=1S/C24H18FN3O3/c1-16-7-13-20(14-8-16)28-23(18-9-11-19(25)12-10-18)26-22(27-28)24(30)31-15-21(29)17-5-3-2-4-6-17/h2-14H,15H2,1H3. The molecule has 31 heavy (non-hydrogen) atoms. The normalized spacial score (nSPS) is 10.6. The Morgan fingerprint density at radius 1 is 0.935 bits per heavy atom. The summed E-state index contributed by atoms with van der Waals surface area (Å²) >= 11 is 0. The molecule has 0 N–H and O–H groups in total. The molecule has 0 spiro atoms. The van der Waals surface area contributed by atoms with Gasteiger partial charge in [0.25, 0.3) is 5.82 Å². The zero-order valence-electron chi connectivity index (χ0n) is 16.7. The van der Waals surface area contributed by atoms with Crippen molar-refractivity contribution in [1.82, 2.24) is 14.8 Å². The maximum atomic E-state index is 13.4. The van der Waals surface area contributed by atoms with E-state index in [1.54, 1.807) is 42.5 Å². The summed E-state index contributed by atoms with van der Waals surface area (Å²) in [5.41, 5.74) is 2.76. The van der Waals surface area contributed by atoms with Crippen molar-refractivity contribution in [3.63, 3.8) is 0 Å². The van der Waals surface area contributed by atoms with E-state index >= 15 is 0 Å². The van der Waals surface area contributed by atoms with Crippen LogP contribution in [0.15, 0.2) is 78.9 Å². The molecule has 0 aliphatic rings. The number of rotatable bonds is 6. The molecule has 4 aromatic rings. The molecule has 6 nitrogen and oxygen atoms in total. The molecule has 0 bridgehead atoms. The Hall–Kier alpha value is -4.13. The van der Waals surface area contributed by atoms with Crippen molar-refractivity contribution >= 4 is 11.8 Å². The van der Waals surface area contributed by atoms with Crippen LogP contribution < -0.4 is 0 Å². The Bertz CT molecular complexity index is 1150. The van der Waals surface area contributed by atoms with E-state index in [-0.39, 0.29) is 17.4 Å². The highest BCUT2D eigenvalue weighted by atomic mass is 19.1. The number of carbonyl (C=O) groups is 2. The van der Waals surface area contributed by atoms with E-state index in [4.69, 9.17) is 4.74 Å². The number of hydrogen-bond donors (Lipinski definition) is 0. The van der Waals surface area contributed by atoms with Gasteiger partial charge in [0.2, 0.25) is 0 Å². The Morgan fingerprint density at radius 2 is 1.61 bits per heavy atom. The monoisotopic (exact) mass is 415 g/mol. The van der Waals surface area contributed by atoms with Gasteiger partial charge in [0.15, 0.2) is 18.2 Å². The SMILES string of the molecule is Cc1ccc(-n2nc(C(=O)OCC(=O)c3ccccc3)nc2-c2ccc(F)cc2)cc1. The third kappa shape index (κ3) is 4.56. The molecule has 0 aliphatic carbocycles. The first kappa shape index (κ1) is 20.2. The minimum atomic E-state index is -0.821. The summed E-state index contributed by atoms with van der Waals surface area (Å²) in [6.45, 7) is 1.53. The van der Waals surface area contributed by atoms with Crippen molar-refractivity contribution < 1.29 is 18.7 Å². The van der Waals surface area contributed by atoms with E-state index in [0.717, 1.165) is 5.56 Å². The molecule has 0 radical (unpaired) electrons. The molecular formula is C24H18FN3O3. The molecule has 0 fully saturated rings. The maximum absolute atomic E-state index is 13.4. The minimum Gasteiger partial charge on any atom is -0.451 e. The van der Waals surface area contributed by atoms with Gasteiger partial charge in [-0.25, -0.2) is 18.9 Å². The molecule has 1 aromatic heterocycles. The second kappa shape index (κ2) is 8.71. The van der Waals surface area contributed by atoms with Gasteiger partial charge in [-0.2, -0.15) is 0 Å². The van der Waals surface area contributed by atoms with Crippen molar-refractivity contribution in [2.45, 2.75) is 6.92 Å². The zero-order chi connectivity index (χ0) is 21.8. The number of nitrogens with zero attached hydrogens (tertiary/aromatic N) is 3. The van der Waals surface area contributed by atoms with Crippen LogP contribution in [0.2, 0.25) is 0 Å². The third-order valence-electron chi connectivity index (χ3n) is 4.60. The van der Waals surface area contributed by atoms with Crippen LogP contribution in [0.1, 0.15) is 26.5 Å². The lowest BCUT2D eigenvalue weighted by Gasteiger charge is -2.06. The van der Waals surface area contributed by atoms with Crippen molar-refractivity contribution in [3.05, 3.63) is 102 Å². The van der Waals surface area contributed by atoms with Crippen LogP contribution in [0.4, 0.5) is 4.39 Å². The number of ketones is 1. The smallest absolute Gasteiger partial charge is 0.378 e. The Kier molecular flexibility index (Phi) is 5.66. The molecule has 0 saturated carbocycles. The van der Waals surface area contributed by atoms with Gasteiger partial charge < -0.3 is 4.74 Å². The topological polar surface area (TPSA) is 74.1 Å². The maximum Gasteiger partial charge on any atom is 0.378 e. The largest absolute Gasteiger partial charge is 0.451 e. The highest BCUT2D eigenvalue weighted by Crippen LogP contribution is 2.22. The first-order valence-electron chi connectivity index (χ1n) is 9.57. The lowest BCUT2D eigenvalue weighted by Crippen LogP contribution is -2.15. The number of ether oxygens (including phenoxy) is 1. The van der Waals surface area contributed by atoms with Crippen molar-refractivity contribution in [2.24, 2.45) is 0 Å². The first-order chi connectivity index (χ1) is 15.0. The van der Waals surface area contributed by atoms with Crippen LogP contribution in [0, 0.1) is 12.7 Å². The lowest BCUT2D eigenvalue weighted by molar-refractivity contribution is 0.0462. The summed E-state index contributed by atoms with van der Waals surface area (Å²) in [5, 5.41) is 4.29. The van der Waals surface area contributed by atoms with E-state index in [1.165, 1.54) is 16.8 Å². The van der Waals surface area contributed by atoms with Crippen LogP contribution in [0.25, 0.3) is 17.1 Å². The lowest BCUT2D eigenvalue weighted by atomic mass is 10.1. The summed E-state index contributed by atoms with van der Waals surface area (Å²) in [6, 6.07) is 21.8. The molecule has 0 aliphatic heterocycles. The second-order valence-corrected chi connectivity index (χ2v) is 6.88. The average molecular weight is 415 g/mol. The number of hydrogen-bond acceptors (Lipinski definition) is 5. The molecule has 0 unspecified atom stereocenters. The Balaban J connectivity index is 1.62. The number of benzene rings is 3. The van der Waals surface area contributed by atoms with Gasteiger partial charge in [-0.15, -0.1) is 5.10 Å². The quantitative estimate of drug-likeness (QED) is 0.344. The van der Waals surface area contributed by atoms with E-state index < -0.39 is 12.6 Å². The summed E-state index contributed by atoms with van der Waals surface area (Å²) < 4.78 is 20.0. The highest BCUT2D eigenvalue weighted by molar-refractivity contribution is 5.98. The van der Waals surface area contributed by atoms with E-state index in [2.05, 4.69) is 10.1 Å². The number of Topliss-reactive ketones (excluding diaryl/α,β-unsaturated/α-hetero) is 1. The van der Waals surface area contributed by atoms with E-state index in [0.29, 0.717) is 22.6 Å². The third-order valence-corrected chi connectivity index (χ3v) is 4.60. The predicted molar refractivity (Wildman–Crippen MR) is 113 cm³/mol. The van der Waals surface area contributed by atoms with Gasteiger partial charge in [0.05, 0.1) is 5.69 Å². The number of aryl methyl sites for hydroxylation is 1. The van der Waals surface area contributed by atoms with Gasteiger partial charge in [-0.1, -0.05) is 48.0 Å². The molecule has 0 amide bonds. The number of halogens is 1. The zero-order valence-corrected chi connectivity index (χ0v) is 16.7. The van der Waals surface area contributed by atoms with Gasteiger partial charge in [-0.3, -0.25) is 4.79 Å². The van der Waals surface area contributed by atoms with Gasteiger partial charge in [-0.05, 0) is 43.3 Å². The average Bonchev–Trinajstić information content (AvgIpc) is 3.24.